The van der Waals surface area contributed by atoms with Gasteiger partial charge in [-0.1, -0.05) is 29.8 Å². The molecule has 0 spiro atoms. The summed E-state index contributed by atoms with van der Waals surface area (Å²) in [6.07, 6.45) is 1.64. The van der Waals surface area contributed by atoms with Gasteiger partial charge in [-0.05, 0) is 57.6 Å². The molecule has 37 heavy (non-hydrogen) atoms. The monoisotopic (exact) mass is 579 g/mol. The predicted molar refractivity (Wildman–Crippen MR) is 140 cm³/mol. The number of carbonyl (C=O) groups excluding carboxylic acids is 3. The zero-order chi connectivity index (χ0) is 27.9. The SMILES string of the molecule is CN(Cc1cc(Br)cc(CN(C)C(=O)C2CCC(C)(C(=O)O)C2(C)C)n1)C(=O)C1CCC(=O)OC1(C)C. The molecule has 2 fully saturated rings. The molecule has 9 nitrogen and oxygen atoms in total. The lowest BCUT2D eigenvalue weighted by Gasteiger charge is -2.39. The molecule has 1 aliphatic carbocycles. The number of aliphatic carboxylic acids is 1. The summed E-state index contributed by atoms with van der Waals surface area (Å²) in [6, 6.07) is 3.67. The highest BCUT2D eigenvalue weighted by Gasteiger charge is 2.58. The number of amides is 2. The van der Waals surface area contributed by atoms with Crippen molar-refractivity contribution in [2.24, 2.45) is 22.7 Å². The Balaban J connectivity index is 1.71. The summed E-state index contributed by atoms with van der Waals surface area (Å²) in [5.74, 6) is -2.21. The third-order valence-electron chi connectivity index (χ3n) is 8.59. The molecule has 0 aromatic carbocycles. The van der Waals surface area contributed by atoms with E-state index in [0.29, 0.717) is 30.7 Å². The molecule has 10 heteroatoms. The lowest BCUT2D eigenvalue weighted by molar-refractivity contribution is -0.176. The van der Waals surface area contributed by atoms with Crippen LogP contribution >= 0.6 is 15.9 Å². The number of cyclic esters (lactones) is 1. The largest absolute Gasteiger partial charge is 0.481 e. The fourth-order valence-corrected chi connectivity index (χ4v) is 6.23. The van der Waals surface area contributed by atoms with Crippen LogP contribution in [-0.4, -0.2) is 63.3 Å². The second kappa shape index (κ2) is 10.3. The van der Waals surface area contributed by atoms with E-state index in [0.717, 1.165) is 4.47 Å². The van der Waals surface area contributed by atoms with Crippen molar-refractivity contribution in [2.75, 3.05) is 14.1 Å². The first-order chi connectivity index (χ1) is 17.0. The lowest BCUT2D eigenvalue weighted by atomic mass is 9.65. The third-order valence-corrected chi connectivity index (χ3v) is 9.05. The minimum Gasteiger partial charge on any atom is -0.481 e. The van der Waals surface area contributed by atoms with Crippen LogP contribution in [0.4, 0.5) is 0 Å². The number of ether oxygens (including phenoxy) is 1. The Morgan fingerprint density at radius 2 is 1.51 bits per heavy atom. The molecule has 3 unspecified atom stereocenters. The van der Waals surface area contributed by atoms with E-state index < -0.39 is 34.2 Å². The number of carbonyl (C=O) groups is 4. The lowest BCUT2D eigenvalue weighted by Crippen LogP contribution is -2.49. The molecular weight excluding hydrogens is 542 g/mol. The average Bonchev–Trinajstić information content (AvgIpc) is 3.01. The van der Waals surface area contributed by atoms with E-state index >= 15 is 0 Å². The molecule has 1 aromatic rings. The van der Waals surface area contributed by atoms with Crippen molar-refractivity contribution in [3.63, 3.8) is 0 Å². The average molecular weight is 581 g/mol. The standard InChI is InChI=1S/C27H38BrN3O6/c1-25(2)19(10-11-27(25,5)24(35)36)22(33)30(6)14-17-12-16(28)13-18(29-17)15-31(7)23(34)20-8-9-21(32)37-26(20,3)4/h12-13,19-20H,8-11,14-15H2,1-7H3,(H,35,36). The van der Waals surface area contributed by atoms with Gasteiger partial charge in [0.25, 0.3) is 0 Å². The minimum atomic E-state index is -0.961. The van der Waals surface area contributed by atoms with Gasteiger partial charge < -0.3 is 19.6 Å². The van der Waals surface area contributed by atoms with E-state index in [4.69, 9.17) is 9.72 Å². The summed E-state index contributed by atoms with van der Waals surface area (Å²) in [6.45, 7) is 9.48. The number of halogens is 1. The molecule has 2 heterocycles. The summed E-state index contributed by atoms with van der Waals surface area (Å²) in [5, 5.41) is 9.79. The highest BCUT2D eigenvalue weighted by Crippen LogP contribution is 2.56. The van der Waals surface area contributed by atoms with Crippen molar-refractivity contribution in [2.45, 2.75) is 79.0 Å². The maximum absolute atomic E-state index is 13.4. The molecule has 1 aromatic heterocycles. The van der Waals surface area contributed by atoms with Crippen LogP contribution in [0.5, 0.6) is 0 Å². The molecule has 2 aliphatic rings. The van der Waals surface area contributed by atoms with Crippen molar-refractivity contribution in [1.29, 1.82) is 0 Å². The van der Waals surface area contributed by atoms with Crippen molar-refractivity contribution in [3.8, 4) is 0 Å². The Kier molecular flexibility index (Phi) is 8.13. The van der Waals surface area contributed by atoms with Crippen LogP contribution in [0.2, 0.25) is 0 Å². The van der Waals surface area contributed by atoms with Gasteiger partial charge in [0, 0.05) is 30.9 Å². The first-order valence-electron chi connectivity index (χ1n) is 12.6. The highest BCUT2D eigenvalue weighted by atomic mass is 79.9. The maximum atomic E-state index is 13.4. The fraction of sp³-hybridized carbons (Fsp3) is 0.667. The Morgan fingerprint density at radius 1 is 1.00 bits per heavy atom. The molecule has 1 aliphatic heterocycles. The van der Waals surface area contributed by atoms with Gasteiger partial charge in [-0.15, -0.1) is 0 Å². The summed E-state index contributed by atoms with van der Waals surface area (Å²) < 4.78 is 6.19. The van der Waals surface area contributed by atoms with Gasteiger partial charge in [0.05, 0.1) is 35.8 Å². The number of hydrogen-bond donors (Lipinski definition) is 1. The normalized spacial score (nSPS) is 26.3. The zero-order valence-corrected chi connectivity index (χ0v) is 24.3. The summed E-state index contributed by atoms with van der Waals surface area (Å²) in [5.41, 5.74) is -1.21. The second-order valence-corrected chi connectivity index (χ2v) is 12.7. The van der Waals surface area contributed by atoms with Crippen molar-refractivity contribution < 1.29 is 29.0 Å². The molecule has 1 N–H and O–H groups in total. The molecule has 3 rings (SSSR count). The molecule has 1 saturated carbocycles. The van der Waals surface area contributed by atoms with E-state index in [1.54, 1.807) is 44.7 Å². The third kappa shape index (κ3) is 5.68. The van der Waals surface area contributed by atoms with E-state index in [1.165, 1.54) is 0 Å². The minimum absolute atomic E-state index is 0.0975. The van der Waals surface area contributed by atoms with Crippen molar-refractivity contribution in [3.05, 3.63) is 28.0 Å². The van der Waals surface area contributed by atoms with Crippen molar-refractivity contribution in [1.82, 2.24) is 14.8 Å². The van der Waals surface area contributed by atoms with Crippen LogP contribution < -0.4 is 0 Å². The number of pyridine rings is 1. The van der Waals surface area contributed by atoms with Gasteiger partial charge in [0.2, 0.25) is 11.8 Å². The first kappa shape index (κ1) is 29.1. The number of rotatable bonds is 7. The van der Waals surface area contributed by atoms with E-state index in [1.807, 2.05) is 26.0 Å². The van der Waals surface area contributed by atoms with Gasteiger partial charge in [-0.2, -0.15) is 0 Å². The molecule has 204 valence electrons. The summed E-state index contributed by atoms with van der Waals surface area (Å²) >= 11 is 3.51. The van der Waals surface area contributed by atoms with E-state index in [9.17, 15) is 24.3 Å². The number of carboxylic acid groups (broad SMARTS) is 1. The van der Waals surface area contributed by atoms with E-state index in [2.05, 4.69) is 15.9 Å². The Bertz CT molecular complexity index is 1100. The quantitative estimate of drug-likeness (QED) is 0.485. The fourth-order valence-electron chi connectivity index (χ4n) is 5.71. The number of nitrogens with zero attached hydrogens (tertiary/aromatic N) is 3. The summed E-state index contributed by atoms with van der Waals surface area (Å²) in [4.78, 5) is 58.1. The van der Waals surface area contributed by atoms with Gasteiger partial charge in [-0.25, -0.2) is 0 Å². The first-order valence-corrected chi connectivity index (χ1v) is 13.4. The van der Waals surface area contributed by atoms with Crippen LogP contribution in [0.3, 0.4) is 0 Å². The zero-order valence-electron chi connectivity index (χ0n) is 22.8. The molecule has 1 saturated heterocycles. The van der Waals surface area contributed by atoms with Gasteiger partial charge in [0.15, 0.2) is 0 Å². The number of aromatic nitrogens is 1. The number of hydrogen-bond acceptors (Lipinski definition) is 6. The van der Waals surface area contributed by atoms with Gasteiger partial charge >= 0.3 is 11.9 Å². The number of esters is 1. The highest BCUT2D eigenvalue weighted by molar-refractivity contribution is 9.10. The Hall–Kier alpha value is -2.49. The predicted octanol–water partition coefficient (Wildman–Crippen LogP) is 4.02. The molecule has 3 atom stereocenters. The van der Waals surface area contributed by atoms with Crippen LogP contribution in [0.1, 0.15) is 71.7 Å². The molecule has 2 amide bonds. The summed E-state index contributed by atoms with van der Waals surface area (Å²) in [7, 11) is 3.41. The van der Waals surface area contributed by atoms with Crippen LogP contribution in [0.25, 0.3) is 0 Å². The van der Waals surface area contributed by atoms with Gasteiger partial charge in [-0.3, -0.25) is 24.2 Å². The Morgan fingerprint density at radius 3 is 1.97 bits per heavy atom. The van der Waals surface area contributed by atoms with E-state index in [-0.39, 0.29) is 37.3 Å². The number of carboxylic acids is 1. The Labute approximate surface area is 227 Å². The molecule has 0 radical (unpaired) electrons. The van der Waals surface area contributed by atoms with Crippen LogP contribution in [-0.2, 0) is 37.0 Å². The smallest absolute Gasteiger partial charge is 0.309 e. The van der Waals surface area contributed by atoms with Crippen molar-refractivity contribution >= 4 is 39.7 Å². The molecule has 0 bridgehead atoms. The second-order valence-electron chi connectivity index (χ2n) is 11.8. The van der Waals surface area contributed by atoms with Gasteiger partial charge in [0.1, 0.15) is 5.60 Å². The van der Waals surface area contributed by atoms with Crippen LogP contribution in [0, 0.1) is 22.7 Å². The maximum Gasteiger partial charge on any atom is 0.309 e. The topological polar surface area (TPSA) is 117 Å². The van der Waals surface area contributed by atoms with Crippen LogP contribution in [0.15, 0.2) is 16.6 Å². The molecular formula is C27H38BrN3O6.